The van der Waals surface area contributed by atoms with Crippen LogP contribution < -0.4 is 5.32 Å². The minimum atomic E-state index is -0.508. The molecule has 1 rings (SSSR count). The Bertz CT molecular complexity index is 421. The normalized spacial score (nSPS) is 10.8. The van der Waals surface area contributed by atoms with E-state index in [1.165, 1.54) is 0 Å². The smallest absolute Gasteiger partial charge is 0.407 e. The molecule has 0 saturated heterocycles. The summed E-state index contributed by atoms with van der Waals surface area (Å²) >= 11 is 0. The minimum Gasteiger partial charge on any atom is -0.444 e. The lowest BCUT2D eigenvalue weighted by atomic mass is 10.1. The van der Waals surface area contributed by atoms with Crippen LogP contribution in [-0.2, 0) is 22.5 Å². The predicted molar refractivity (Wildman–Crippen MR) is 69.3 cm³/mol. The maximum absolute atomic E-state index is 11.5. The highest BCUT2D eigenvalue weighted by atomic mass is 16.6. The number of alkyl carbamates (subject to hydrolysis) is 1. The van der Waals surface area contributed by atoms with Gasteiger partial charge in [0.15, 0.2) is 0 Å². The van der Waals surface area contributed by atoms with Crippen molar-refractivity contribution in [2.75, 3.05) is 0 Å². The highest BCUT2D eigenvalue weighted by molar-refractivity contribution is 5.67. The Hall–Kier alpha value is -1.84. The maximum Gasteiger partial charge on any atom is 0.407 e. The average Bonchev–Trinajstić information content (AvgIpc) is 2.26. The molecule has 0 spiro atoms. The molecule has 0 bridgehead atoms. The fraction of sp³-hybridized carbons (Fsp3) is 0.429. The van der Waals surface area contributed by atoms with Crippen LogP contribution in [0.4, 0.5) is 4.79 Å². The molecule has 98 valence electrons. The lowest BCUT2D eigenvalue weighted by molar-refractivity contribution is -0.107. The number of benzene rings is 1. The first-order valence-electron chi connectivity index (χ1n) is 5.89. The van der Waals surface area contributed by atoms with Crippen LogP contribution in [0.25, 0.3) is 0 Å². The third kappa shape index (κ3) is 4.99. The largest absolute Gasteiger partial charge is 0.444 e. The Morgan fingerprint density at radius 2 is 1.89 bits per heavy atom. The van der Waals surface area contributed by atoms with Gasteiger partial charge in [0.25, 0.3) is 0 Å². The van der Waals surface area contributed by atoms with Crippen LogP contribution in [0, 0.1) is 0 Å². The Balaban J connectivity index is 2.58. The van der Waals surface area contributed by atoms with E-state index < -0.39 is 11.7 Å². The highest BCUT2D eigenvalue weighted by Gasteiger charge is 2.15. The van der Waals surface area contributed by atoms with Gasteiger partial charge in [-0.05, 0) is 31.9 Å². The van der Waals surface area contributed by atoms with Crippen LogP contribution in [0.1, 0.15) is 31.9 Å². The number of carbonyl (C=O) groups excluding carboxylic acids is 2. The van der Waals surface area contributed by atoms with Crippen LogP contribution in [0.5, 0.6) is 0 Å². The van der Waals surface area contributed by atoms with E-state index in [1.807, 2.05) is 45.0 Å². The van der Waals surface area contributed by atoms with Gasteiger partial charge in [-0.15, -0.1) is 0 Å². The van der Waals surface area contributed by atoms with E-state index in [0.29, 0.717) is 13.0 Å². The van der Waals surface area contributed by atoms with Crippen molar-refractivity contribution >= 4 is 12.4 Å². The first kappa shape index (κ1) is 14.2. The van der Waals surface area contributed by atoms with Gasteiger partial charge in [-0.3, -0.25) is 0 Å². The molecular formula is C14H19NO3. The second-order valence-electron chi connectivity index (χ2n) is 4.99. The third-order valence-corrected chi connectivity index (χ3v) is 2.24. The number of hydrogen-bond acceptors (Lipinski definition) is 3. The molecule has 4 nitrogen and oxygen atoms in total. The van der Waals surface area contributed by atoms with Crippen molar-refractivity contribution in [3.05, 3.63) is 35.4 Å². The summed E-state index contributed by atoms with van der Waals surface area (Å²) in [5.41, 5.74) is 1.34. The van der Waals surface area contributed by atoms with Crippen LogP contribution in [0.15, 0.2) is 24.3 Å². The van der Waals surface area contributed by atoms with Gasteiger partial charge in [-0.25, -0.2) is 4.79 Å². The summed E-state index contributed by atoms with van der Waals surface area (Å²) in [6.07, 6.45) is 0.752. The lowest BCUT2D eigenvalue weighted by Crippen LogP contribution is -2.32. The third-order valence-electron chi connectivity index (χ3n) is 2.24. The molecule has 1 amide bonds. The molecule has 0 aromatic heterocycles. The average molecular weight is 249 g/mol. The molecule has 0 saturated carbocycles. The molecule has 4 heteroatoms. The SMILES string of the molecule is CC(C)(C)OC(=O)NCc1ccccc1CC=O. The van der Waals surface area contributed by atoms with Gasteiger partial charge in [0.05, 0.1) is 0 Å². The molecule has 0 aliphatic carbocycles. The summed E-state index contributed by atoms with van der Waals surface area (Å²) in [5, 5.41) is 2.68. The van der Waals surface area contributed by atoms with Crippen molar-refractivity contribution in [2.24, 2.45) is 0 Å². The van der Waals surface area contributed by atoms with Crippen LogP contribution in [0.3, 0.4) is 0 Å². The van der Waals surface area contributed by atoms with E-state index in [9.17, 15) is 9.59 Å². The molecule has 0 heterocycles. The zero-order chi connectivity index (χ0) is 13.6. The van der Waals surface area contributed by atoms with E-state index in [-0.39, 0.29) is 0 Å². The Kier molecular flexibility index (Phi) is 4.89. The summed E-state index contributed by atoms with van der Waals surface area (Å²) in [6.45, 7) is 5.80. The molecule has 0 unspecified atom stereocenters. The van der Waals surface area contributed by atoms with E-state index in [1.54, 1.807) is 0 Å². The van der Waals surface area contributed by atoms with Crippen LogP contribution in [0.2, 0.25) is 0 Å². The zero-order valence-electron chi connectivity index (χ0n) is 11.0. The van der Waals surface area contributed by atoms with Crippen molar-refractivity contribution < 1.29 is 14.3 Å². The molecule has 18 heavy (non-hydrogen) atoms. The summed E-state index contributed by atoms with van der Waals surface area (Å²) in [4.78, 5) is 22.0. The quantitative estimate of drug-likeness (QED) is 0.834. The van der Waals surface area contributed by atoms with E-state index in [2.05, 4.69) is 5.32 Å². The van der Waals surface area contributed by atoms with Gasteiger partial charge in [-0.1, -0.05) is 24.3 Å². The molecule has 1 N–H and O–H groups in total. The van der Waals surface area contributed by atoms with Crippen molar-refractivity contribution in [1.29, 1.82) is 0 Å². The van der Waals surface area contributed by atoms with Crippen molar-refractivity contribution in [2.45, 2.75) is 39.3 Å². The van der Waals surface area contributed by atoms with Gasteiger partial charge in [0.1, 0.15) is 11.9 Å². The summed E-state index contributed by atoms with van der Waals surface area (Å²) < 4.78 is 5.14. The molecule has 1 aromatic rings. The maximum atomic E-state index is 11.5. The summed E-state index contributed by atoms with van der Waals surface area (Å²) in [7, 11) is 0. The van der Waals surface area contributed by atoms with Gasteiger partial charge >= 0.3 is 6.09 Å². The molecule has 1 aromatic carbocycles. The second kappa shape index (κ2) is 6.19. The van der Waals surface area contributed by atoms with Crippen molar-refractivity contribution in [3.63, 3.8) is 0 Å². The van der Waals surface area contributed by atoms with Crippen LogP contribution >= 0.6 is 0 Å². The molecule has 0 aliphatic rings. The Labute approximate surface area is 107 Å². The molecule has 0 aliphatic heterocycles. The van der Waals surface area contributed by atoms with Gasteiger partial charge in [-0.2, -0.15) is 0 Å². The van der Waals surface area contributed by atoms with Gasteiger partial charge in [0.2, 0.25) is 0 Å². The Morgan fingerprint density at radius 3 is 2.44 bits per heavy atom. The van der Waals surface area contributed by atoms with E-state index >= 15 is 0 Å². The highest BCUT2D eigenvalue weighted by Crippen LogP contribution is 2.10. The lowest BCUT2D eigenvalue weighted by Gasteiger charge is -2.20. The van der Waals surface area contributed by atoms with Crippen molar-refractivity contribution in [3.8, 4) is 0 Å². The molecule has 0 atom stereocenters. The van der Waals surface area contributed by atoms with E-state index in [4.69, 9.17) is 4.74 Å². The Morgan fingerprint density at radius 1 is 1.28 bits per heavy atom. The standard InChI is InChI=1S/C14H19NO3/c1-14(2,3)18-13(17)15-10-12-7-5-4-6-11(12)8-9-16/h4-7,9H,8,10H2,1-3H3,(H,15,17). The number of amides is 1. The number of rotatable bonds is 4. The van der Waals surface area contributed by atoms with E-state index in [0.717, 1.165) is 17.4 Å². The van der Waals surface area contributed by atoms with Gasteiger partial charge in [0, 0.05) is 13.0 Å². The fourth-order valence-electron chi connectivity index (χ4n) is 1.50. The first-order chi connectivity index (χ1) is 8.42. The fourth-order valence-corrected chi connectivity index (χ4v) is 1.50. The molecular weight excluding hydrogens is 230 g/mol. The number of aldehydes is 1. The topological polar surface area (TPSA) is 55.4 Å². The monoisotopic (exact) mass is 249 g/mol. The number of ether oxygens (including phenoxy) is 1. The van der Waals surface area contributed by atoms with Crippen LogP contribution in [-0.4, -0.2) is 18.0 Å². The second-order valence-corrected chi connectivity index (χ2v) is 4.99. The minimum absolute atomic E-state index is 0.353. The predicted octanol–water partition coefficient (Wildman–Crippen LogP) is 2.45. The summed E-state index contributed by atoms with van der Waals surface area (Å²) in [6, 6.07) is 7.51. The number of nitrogens with one attached hydrogen (secondary N) is 1. The number of hydrogen-bond donors (Lipinski definition) is 1. The zero-order valence-corrected chi connectivity index (χ0v) is 11.0. The first-order valence-corrected chi connectivity index (χ1v) is 5.89. The van der Waals surface area contributed by atoms with Gasteiger partial charge < -0.3 is 14.8 Å². The van der Waals surface area contributed by atoms with Crippen molar-refractivity contribution in [1.82, 2.24) is 5.32 Å². The molecule has 0 fully saturated rings. The summed E-state index contributed by atoms with van der Waals surface area (Å²) in [5.74, 6) is 0. The number of carbonyl (C=O) groups is 2. The molecule has 0 radical (unpaired) electrons.